The molecule has 4 aromatic heterocycles. The van der Waals surface area contributed by atoms with Gasteiger partial charge in [0, 0.05) is 56.6 Å². The zero-order valence-electron chi connectivity index (χ0n) is 44.4. The molecule has 2 aliphatic rings. The number of aryl methyl sites for hydroxylation is 4. The molecular weight excluding hydrogens is 937 g/mol. The number of aromatic nitrogens is 8. The Morgan fingerprint density at radius 2 is 1.01 bits per heavy atom. The van der Waals surface area contributed by atoms with Gasteiger partial charge in [-0.25, -0.2) is 15.4 Å². The number of ether oxygens (including phenoxy) is 2. The lowest BCUT2D eigenvalue weighted by molar-refractivity contribution is -0.143. The zero-order valence-corrected chi connectivity index (χ0v) is 44.4. The normalized spacial score (nSPS) is 18.0. The maximum atomic E-state index is 12.9. The van der Waals surface area contributed by atoms with Gasteiger partial charge in [0.1, 0.15) is 11.5 Å². The molecule has 0 bridgehead atoms. The fraction of sp³-hybridized carbons (Fsp3) is 0.538. The largest absolute Gasteiger partial charge is 0.497 e. The first-order valence-electron chi connectivity index (χ1n) is 24.8. The highest BCUT2D eigenvalue weighted by molar-refractivity contribution is 5.94. The van der Waals surface area contributed by atoms with E-state index < -0.39 is 11.9 Å². The number of nitrogens with two attached hydrogens (primary N) is 1. The fourth-order valence-electron chi connectivity index (χ4n) is 9.99. The molecule has 6 aromatic rings. The number of nitrogens with zero attached hydrogens (tertiary/aromatic N) is 8. The fourth-order valence-corrected chi connectivity index (χ4v) is 9.99. The van der Waals surface area contributed by atoms with Crippen LogP contribution in [0.2, 0.25) is 0 Å². The number of carbonyl (C=O) groups is 4. The van der Waals surface area contributed by atoms with Gasteiger partial charge < -0.3 is 14.6 Å². The quantitative estimate of drug-likeness (QED) is 0.0633. The van der Waals surface area contributed by atoms with Crippen molar-refractivity contribution in [1.82, 2.24) is 54.1 Å². The molecule has 2 saturated carbocycles. The highest BCUT2D eigenvalue weighted by Gasteiger charge is 2.30. The Kier molecular flexibility index (Phi) is 17.2. The summed E-state index contributed by atoms with van der Waals surface area (Å²) in [5.41, 5.74) is 12.6. The van der Waals surface area contributed by atoms with E-state index in [9.17, 15) is 28.8 Å². The van der Waals surface area contributed by atoms with E-state index >= 15 is 0 Å². The summed E-state index contributed by atoms with van der Waals surface area (Å²) in [6, 6.07) is 14.7. The molecule has 2 aromatic carbocycles. The third-order valence-electron chi connectivity index (χ3n) is 13.9. The monoisotopic (exact) mass is 1010 g/mol. The van der Waals surface area contributed by atoms with Crippen LogP contribution in [0.3, 0.4) is 0 Å². The maximum Gasteiger partial charge on any atom is 0.328 e. The van der Waals surface area contributed by atoms with Crippen molar-refractivity contribution in [2.75, 3.05) is 14.2 Å². The molecule has 2 fully saturated rings. The van der Waals surface area contributed by atoms with Crippen molar-refractivity contribution in [1.29, 1.82) is 0 Å². The molecule has 0 saturated heterocycles. The topological polar surface area (TPSA) is 259 Å². The number of imidazole rings is 2. The molecular formula is C52H74N12O9. The van der Waals surface area contributed by atoms with E-state index in [1.807, 2.05) is 96.4 Å². The number of rotatable bonds is 10. The van der Waals surface area contributed by atoms with Gasteiger partial charge in [-0.3, -0.25) is 63.1 Å². The van der Waals surface area contributed by atoms with E-state index in [0.29, 0.717) is 62.1 Å². The standard InChI is InChI=1S/C26H36N6O4.C17H22N2O4.C9H16N4O/c1-16-13-20(29-32(16)26(2,3)4)24(34)28-27-23(33)18-9-7-17(8-10-18)15-31-22-14-19(36-6)11-12-21(22)30(5)25(31)35;1-18-14-8-7-13(23-2)9-15(14)19(17(18)22)10-11-3-5-12(6-4-11)16(20)21;1-6-5-7(8(14)11-10)12-13(6)9(2,3)4/h11-14,17-18H,7-10,15H2,1-6H3,(H,27,33)(H,28,34);7-9,11-12H,3-6,10H2,1-2H3,(H,20,21);5H,10H2,1-4H3,(H,11,14). The average Bonchev–Trinajstić information content (AvgIpc) is 4.09. The van der Waals surface area contributed by atoms with Crippen molar-refractivity contribution in [3.8, 4) is 11.5 Å². The van der Waals surface area contributed by atoms with Crippen LogP contribution in [0.4, 0.5) is 0 Å². The van der Waals surface area contributed by atoms with Gasteiger partial charge in [0.05, 0.1) is 53.3 Å². The number of aliphatic carboxylic acids is 1. The number of carbonyl (C=O) groups excluding carboxylic acids is 3. The zero-order chi connectivity index (χ0) is 53.7. The smallest absolute Gasteiger partial charge is 0.328 e. The number of hydrogen-bond acceptors (Lipinski definition) is 11. The summed E-state index contributed by atoms with van der Waals surface area (Å²) in [5.74, 6) is 5.01. The van der Waals surface area contributed by atoms with Crippen molar-refractivity contribution in [2.24, 2.45) is 43.6 Å². The van der Waals surface area contributed by atoms with Gasteiger partial charge in [-0.15, -0.1) is 0 Å². The first-order chi connectivity index (χ1) is 34.4. The first-order valence-corrected chi connectivity index (χ1v) is 24.8. The van der Waals surface area contributed by atoms with Crippen LogP contribution in [0.5, 0.6) is 11.5 Å². The van der Waals surface area contributed by atoms with Crippen LogP contribution < -0.4 is 43.0 Å². The van der Waals surface area contributed by atoms with E-state index in [0.717, 1.165) is 64.9 Å². The number of hydrogen-bond donors (Lipinski definition) is 5. The van der Waals surface area contributed by atoms with Gasteiger partial charge >= 0.3 is 17.3 Å². The Balaban J connectivity index is 0.000000200. The lowest BCUT2D eigenvalue weighted by Crippen LogP contribution is -2.45. The molecule has 21 heteroatoms. The summed E-state index contributed by atoms with van der Waals surface area (Å²) in [4.78, 5) is 72.9. The highest BCUT2D eigenvalue weighted by atomic mass is 16.5. The number of carboxylic acids is 1. The van der Waals surface area contributed by atoms with Crippen LogP contribution in [0.1, 0.15) is 125 Å². The minimum Gasteiger partial charge on any atom is -0.497 e. The van der Waals surface area contributed by atoms with E-state index in [1.165, 1.54) is 0 Å². The highest BCUT2D eigenvalue weighted by Crippen LogP contribution is 2.33. The third-order valence-corrected chi connectivity index (χ3v) is 13.9. The van der Waals surface area contributed by atoms with Gasteiger partial charge in [-0.05, 0) is 155 Å². The SMILES string of the molecule is COc1ccc2c(c1)n(CC1CCC(C(=O)NNC(=O)c3cc(C)n(C(C)(C)C)n3)CC1)c(=O)n2C.COc1ccc2c(c1)n(CC1CCC(C(=O)O)CC1)c(=O)n2C.Cc1cc(C(=O)NN)nn1C(C)(C)C. The number of benzene rings is 2. The van der Waals surface area contributed by atoms with Crippen LogP contribution in [0.25, 0.3) is 22.1 Å². The van der Waals surface area contributed by atoms with E-state index in [2.05, 4.69) is 26.5 Å². The molecule has 3 amide bonds. The predicted molar refractivity (Wildman–Crippen MR) is 277 cm³/mol. The van der Waals surface area contributed by atoms with Crippen LogP contribution in [-0.4, -0.2) is 80.8 Å². The van der Waals surface area contributed by atoms with Crippen molar-refractivity contribution >= 4 is 45.8 Å². The second-order valence-electron chi connectivity index (χ2n) is 21.3. The Morgan fingerprint density at radius 1 is 0.616 bits per heavy atom. The minimum absolute atomic E-state index is 0.0337. The molecule has 6 N–H and O–H groups in total. The molecule has 0 aliphatic heterocycles. The van der Waals surface area contributed by atoms with Crippen LogP contribution in [0, 0.1) is 37.5 Å². The van der Waals surface area contributed by atoms with Gasteiger partial charge in [0.2, 0.25) is 5.91 Å². The number of amides is 3. The number of hydrazine groups is 2. The molecule has 4 heterocycles. The average molecular weight is 1010 g/mol. The molecule has 73 heavy (non-hydrogen) atoms. The number of fused-ring (bicyclic) bond motifs is 2. The van der Waals surface area contributed by atoms with Crippen molar-refractivity contribution in [3.05, 3.63) is 92.3 Å². The number of nitrogen functional groups attached to an aromatic ring is 1. The number of nitrogens with one attached hydrogen (secondary N) is 3. The second-order valence-corrected chi connectivity index (χ2v) is 21.3. The van der Waals surface area contributed by atoms with Gasteiger partial charge in [0.15, 0.2) is 11.4 Å². The number of methoxy groups -OCH3 is 2. The molecule has 0 atom stereocenters. The number of carboxylic acid groups (broad SMARTS) is 1. The lowest BCUT2D eigenvalue weighted by Gasteiger charge is -2.28. The molecule has 21 nitrogen and oxygen atoms in total. The summed E-state index contributed by atoms with van der Waals surface area (Å²) in [6.45, 7) is 17.2. The predicted octanol–water partition coefficient (Wildman–Crippen LogP) is 5.67. The van der Waals surface area contributed by atoms with Gasteiger partial charge in [0.25, 0.3) is 11.8 Å². The summed E-state index contributed by atoms with van der Waals surface area (Å²) >= 11 is 0. The summed E-state index contributed by atoms with van der Waals surface area (Å²) in [6.07, 6.45) is 6.15. The molecule has 0 spiro atoms. The van der Waals surface area contributed by atoms with E-state index in [1.54, 1.807) is 63.5 Å². The molecule has 2 aliphatic carbocycles. The Hall–Kier alpha value is -7.16. The first kappa shape index (κ1) is 55.2. The second kappa shape index (κ2) is 22.7. The van der Waals surface area contributed by atoms with Gasteiger partial charge in [-0.2, -0.15) is 10.2 Å². The maximum absolute atomic E-state index is 12.9. The Bertz CT molecular complexity index is 3070. The van der Waals surface area contributed by atoms with Crippen LogP contribution in [-0.2, 0) is 47.9 Å². The van der Waals surface area contributed by atoms with E-state index in [-0.39, 0.29) is 51.8 Å². The lowest BCUT2D eigenvalue weighted by atomic mass is 9.81. The summed E-state index contributed by atoms with van der Waals surface area (Å²) < 4.78 is 21.1. The van der Waals surface area contributed by atoms with Crippen molar-refractivity contribution in [3.63, 3.8) is 0 Å². The minimum atomic E-state index is -0.699. The van der Waals surface area contributed by atoms with Crippen molar-refractivity contribution in [2.45, 2.75) is 131 Å². The van der Waals surface area contributed by atoms with Gasteiger partial charge in [-0.1, -0.05) is 0 Å². The third kappa shape index (κ3) is 12.7. The molecule has 0 unspecified atom stereocenters. The summed E-state index contributed by atoms with van der Waals surface area (Å²) in [5, 5.41) is 17.6. The molecule has 396 valence electrons. The molecule has 0 radical (unpaired) electrons. The Morgan fingerprint density at radius 3 is 1.37 bits per heavy atom. The summed E-state index contributed by atoms with van der Waals surface area (Å²) in [7, 11) is 6.77. The van der Waals surface area contributed by atoms with Crippen LogP contribution >= 0.6 is 0 Å². The van der Waals surface area contributed by atoms with Crippen molar-refractivity contribution < 1.29 is 33.8 Å². The Labute approximate surface area is 424 Å². The van der Waals surface area contributed by atoms with Crippen LogP contribution in [0.15, 0.2) is 58.1 Å². The van der Waals surface area contributed by atoms with E-state index in [4.69, 9.17) is 20.4 Å². The molecule has 8 rings (SSSR count).